The van der Waals surface area contributed by atoms with Gasteiger partial charge in [-0.2, -0.15) is 0 Å². The zero-order valence-electron chi connectivity index (χ0n) is 12.1. The van der Waals surface area contributed by atoms with Crippen LogP contribution < -0.4 is 4.90 Å². The number of aryl methyl sites for hydroxylation is 1. The molecule has 0 amide bonds. The highest BCUT2D eigenvalue weighted by molar-refractivity contribution is 9.09. The molecule has 2 rings (SSSR count). The maximum Gasteiger partial charge on any atom is 0.225 e. The number of hydrogen-bond acceptors (Lipinski definition) is 4. The summed E-state index contributed by atoms with van der Waals surface area (Å²) in [6.07, 6.45) is 0.415. The van der Waals surface area contributed by atoms with Crippen molar-refractivity contribution in [2.45, 2.75) is 45.8 Å². The van der Waals surface area contributed by atoms with Crippen molar-refractivity contribution in [3.8, 4) is 0 Å². The highest BCUT2D eigenvalue weighted by Gasteiger charge is 2.26. The highest BCUT2D eigenvalue weighted by atomic mass is 79.9. The van der Waals surface area contributed by atoms with Crippen LogP contribution in [0.2, 0.25) is 0 Å². The van der Waals surface area contributed by atoms with E-state index in [1.54, 1.807) is 0 Å². The lowest BCUT2D eigenvalue weighted by atomic mass is 10.1. The van der Waals surface area contributed by atoms with Crippen molar-refractivity contribution in [2.24, 2.45) is 0 Å². The molecule has 1 saturated heterocycles. The summed E-state index contributed by atoms with van der Waals surface area (Å²) in [4.78, 5) is 11.5. The van der Waals surface area contributed by atoms with Crippen LogP contribution in [0.4, 0.5) is 5.95 Å². The second-order valence-electron chi connectivity index (χ2n) is 5.52. The molecule has 106 valence electrons. The van der Waals surface area contributed by atoms with Gasteiger partial charge >= 0.3 is 0 Å². The molecule has 0 radical (unpaired) electrons. The zero-order valence-corrected chi connectivity index (χ0v) is 13.6. The van der Waals surface area contributed by atoms with Gasteiger partial charge in [0.2, 0.25) is 5.95 Å². The van der Waals surface area contributed by atoms with Gasteiger partial charge in [0.1, 0.15) is 0 Å². The lowest BCUT2D eigenvalue weighted by Crippen LogP contribution is -2.48. The summed E-state index contributed by atoms with van der Waals surface area (Å²) in [6, 6.07) is 2.07. The lowest BCUT2D eigenvalue weighted by molar-refractivity contribution is -0.00251. The van der Waals surface area contributed by atoms with Crippen LogP contribution in [0.1, 0.15) is 38.1 Å². The number of halogens is 1. The summed E-state index contributed by atoms with van der Waals surface area (Å²) in [5.74, 6) is 1.26. The van der Waals surface area contributed by atoms with Crippen molar-refractivity contribution in [1.82, 2.24) is 9.97 Å². The number of aromatic nitrogens is 2. The van der Waals surface area contributed by atoms with Crippen molar-refractivity contribution in [2.75, 3.05) is 23.3 Å². The monoisotopic (exact) mass is 327 g/mol. The Labute approximate surface area is 123 Å². The molecule has 2 atom stereocenters. The molecule has 0 aromatic carbocycles. The number of anilines is 1. The average Bonchev–Trinajstić information content (AvgIpc) is 2.37. The van der Waals surface area contributed by atoms with Gasteiger partial charge in [-0.1, -0.05) is 29.8 Å². The Kier molecular flexibility index (Phi) is 4.79. The van der Waals surface area contributed by atoms with Crippen LogP contribution in [-0.4, -0.2) is 40.6 Å². The molecule has 5 heteroatoms. The van der Waals surface area contributed by atoms with E-state index >= 15 is 0 Å². The second kappa shape index (κ2) is 6.18. The molecule has 2 heterocycles. The van der Waals surface area contributed by atoms with E-state index in [4.69, 9.17) is 9.72 Å². The molecule has 0 spiro atoms. The quantitative estimate of drug-likeness (QED) is 0.800. The van der Waals surface area contributed by atoms with Gasteiger partial charge < -0.3 is 9.64 Å². The fourth-order valence-corrected chi connectivity index (χ4v) is 2.67. The van der Waals surface area contributed by atoms with Crippen LogP contribution >= 0.6 is 15.9 Å². The third-order valence-corrected chi connectivity index (χ3v) is 3.96. The van der Waals surface area contributed by atoms with Crippen molar-refractivity contribution in [3.05, 3.63) is 17.5 Å². The van der Waals surface area contributed by atoms with Gasteiger partial charge in [-0.25, -0.2) is 9.97 Å². The van der Waals surface area contributed by atoms with Crippen LogP contribution in [0.3, 0.4) is 0 Å². The highest BCUT2D eigenvalue weighted by Crippen LogP contribution is 2.21. The van der Waals surface area contributed by atoms with Gasteiger partial charge in [-0.05, 0) is 25.8 Å². The Hall–Kier alpha value is -0.680. The number of alkyl halides is 1. The van der Waals surface area contributed by atoms with Gasteiger partial charge in [0.15, 0.2) is 0 Å². The third kappa shape index (κ3) is 3.66. The molecule has 0 saturated carbocycles. The zero-order chi connectivity index (χ0) is 14.0. The first-order chi connectivity index (χ1) is 8.99. The van der Waals surface area contributed by atoms with Crippen LogP contribution in [0, 0.1) is 6.92 Å². The minimum absolute atomic E-state index is 0.204. The smallest absolute Gasteiger partial charge is 0.225 e. The van der Waals surface area contributed by atoms with E-state index < -0.39 is 0 Å². The Balaban J connectivity index is 2.25. The first kappa shape index (κ1) is 14.7. The summed E-state index contributed by atoms with van der Waals surface area (Å²) in [7, 11) is 0. The van der Waals surface area contributed by atoms with Gasteiger partial charge in [-0.15, -0.1) is 0 Å². The van der Waals surface area contributed by atoms with Gasteiger partial charge in [0.05, 0.1) is 12.2 Å². The summed E-state index contributed by atoms with van der Waals surface area (Å²) in [6.45, 7) is 10.1. The minimum atomic E-state index is 0.204. The number of hydrogen-bond donors (Lipinski definition) is 0. The molecule has 0 bridgehead atoms. The van der Waals surface area contributed by atoms with E-state index in [1.807, 2.05) is 6.92 Å². The number of ether oxygens (including phenoxy) is 1. The number of nitrogens with zero attached hydrogens (tertiary/aromatic N) is 3. The lowest BCUT2D eigenvalue weighted by Gasteiger charge is -2.36. The molecule has 1 aliphatic heterocycles. The van der Waals surface area contributed by atoms with Crippen molar-refractivity contribution >= 4 is 21.9 Å². The molecular weight excluding hydrogens is 306 g/mol. The van der Waals surface area contributed by atoms with E-state index in [1.165, 1.54) is 0 Å². The first-order valence-corrected chi connectivity index (χ1v) is 7.93. The van der Waals surface area contributed by atoms with Gasteiger partial charge in [0.25, 0.3) is 0 Å². The molecule has 4 nitrogen and oxygen atoms in total. The topological polar surface area (TPSA) is 38.2 Å². The number of rotatable bonds is 3. The minimum Gasteiger partial charge on any atom is -0.371 e. The SMILES string of the molecule is Cc1cc(C(C)C)nc(N2CC(C)OC(CBr)C2)n1. The summed E-state index contributed by atoms with van der Waals surface area (Å²) >= 11 is 3.50. The van der Waals surface area contributed by atoms with E-state index in [-0.39, 0.29) is 12.2 Å². The molecule has 2 unspecified atom stereocenters. The maximum absolute atomic E-state index is 5.85. The van der Waals surface area contributed by atoms with Gasteiger partial charge in [0, 0.05) is 29.8 Å². The fourth-order valence-electron chi connectivity index (χ4n) is 2.31. The molecule has 1 aliphatic rings. The summed E-state index contributed by atoms with van der Waals surface area (Å²) in [5.41, 5.74) is 2.14. The van der Waals surface area contributed by atoms with Crippen molar-refractivity contribution < 1.29 is 4.74 Å². The van der Waals surface area contributed by atoms with Crippen molar-refractivity contribution in [1.29, 1.82) is 0 Å². The molecule has 0 N–H and O–H groups in total. The maximum atomic E-state index is 5.85. The van der Waals surface area contributed by atoms with Gasteiger partial charge in [-0.3, -0.25) is 0 Å². The van der Waals surface area contributed by atoms with Crippen LogP contribution in [0.5, 0.6) is 0 Å². The molecule has 19 heavy (non-hydrogen) atoms. The standard InChI is InChI=1S/C14H22BrN3O/c1-9(2)13-5-10(3)16-14(17-13)18-7-11(4)19-12(6-15)8-18/h5,9,11-12H,6-8H2,1-4H3. The fraction of sp³-hybridized carbons (Fsp3) is 0.714. The number of morpholine rings is 1. The first-order valence-electron chi connectivity index (χ1n) is 6.81. The molecule has 1 fully saturated rings. The normalized spacial score (nSPS) is 24.0. The summed E-state index contributed by atoms with van der Waals surface area (Å²) < 4.78 is 5.85. The largest absolute Gasteiger partial charge is 0.371 e. The molecular formula is C14H22BrN3O. The predicted octanol–water partition coefficient (Wildman–Crippen LogP) is 2.90. The average molecular weight is 328 g/mol. The van der Waals surface area contributed by atoms with Crippen LogP contribution in [0.15, 0.2) is 6.07 Å². The second-order valence-corrected chi connectivity index (χ2v) is 6.16. The van der Waals surface area contributed by atoms with E-state index in [9.17, 15) is 0 Å². The third-order valence-electron chi connectivity index (χ3n) is 3.23. The summed E-state index contributed by atoms with van der Waals surface area (Å²) in [5, 5.41) is 0.844. The molecule has 1 aromatic rings. The van der Waals surface area contributed by atoms with Crippen LogP contribution in [-0.2, 0) is 4.74 Å². The van der Waals surface area contributed by atoms with Crippen molar-refractivity contribution in [3.63, 3.8) is 0 Å². The Morgan fingerprint density at radius 2 is 2.16 bits per heavy atom. The molecule has 0 aliphatic carbocycles. The molecule has 1 aromatic heterocycles. The van der Waals surface area contributed by atoms with E-state index in [0.717, 1.165) is 35.8 Å². The van der Waals surface area contributed by atoms with E-state index in [0.29, 0.717) is 5.92 Å². The Morgan fingerprint density at radius 1 is 1.42 bits per heavy atom. The Morgan fingerprint density at radius 3 is 2.79 bits per heavy atom. The Bertz CT molecular complexity index is 439. The predicted molar refractivity (Wildman–Crippen MR) is 81.2 cm³/mol. The van der Waals surface area contributed by atoms with E-state index in [2.05, 4.69) is 52.7 Å². The van der Waals surface area contributed by atoms with Crippen LogP contribution in [0.25, 0.3) is 0 Å².